The van der Waals surface area contributed by atoms with Gasteiger partial charge in [-0.1, -0.05) is 24.3 Å². The minimum absolute atomic E-state index is 0.214. The summed E-state index contributed by atoms with van der Waals surface area (Å²) in [5.41, 5.74) is 1.98. The zero-order valence-electron chi connectivity index (χ0n) is 15.9. The van der Waals surface area contributed by atoms with Crippen LogP contribution in [0.3, 0.4) is 0 Å². The number of ether oxygens (including phenoxy) is 1. The van der Waals surface area contributed by atoms with Crippen LogP contribution in [0.1, 0.15) is 32.8 Å². The molecule has 1 aromatic carbocycles. The molecule has 0 aliphatic carbocycles. The van der Waals surface area contributed by atoms with Crippen molar-refractivity contribution in [2.24, 2.45) is 0 Å². The number of benzene rings is 1. The molecule has 1 saturated heterocycles. The van der Waals surface area contributed by atoms with Crippen LogP contribution in [0.2, 0.25) is 0 Å². The topological polar surface area (TPSA) is 44.8 Å². The summed E-state index contributed by atoms with van der Waals surface area (Å²) in [7, 11) is 1.96. The molecule has 0 unspecified atom stereocenters. The van der Waals surface area contributed by atoms with Crippen molar-refractivity contribution in [2.75, 3.05) is 44.7 Å². The molecule has 0 atom stereocenters. The van der Waals surface area contributed by atoms with Crippen molar-refractivity contribution in [3.05, 3.63) is 35.9 Å². The number of carbonyl (C=O) groups excluding carboxylic acids is 1. The maximum Gasteiger partial charge on any atom is 0.410 e. The first-order valence-corrected chi connectivity index (χ1v) is 9.03. The zero-order valence-corrected chi connectivity index (χ0v) is 15.9. The van der Waals surface area contributed by atoms with Crippen molar-refractivity contribution < 1.29 is 9.53 Å². The van der Waals surface area contributed by atoms with Crippen LogP contribution in [0.4, 0.5) is 10.5 Å². The van der Waals surface area contributed by atoms with Crippen molar-refractivity contribution in [2.45, 2.75) is 32.8 Å². The summed E-state index contributed by atoms with van der Waals surface area (Å²) in [6.45, 7) is 9.74. The van der Waals surface area contributed by atoms with E-state index in [2.05, 4.69) is 46.6 Å². The van der Waals surface area contributed by atoms with Crippen molar-refractivity contribution in [1.29, 1.82) is 0 Å². The Bertz CT molecular complexity index is 568. The molecule has 1 aliphatic heterocycles. The second-order valence-corrected chi connectivity index (χ2v) is 7.34. The Kier molecular flexibility index (Phi) is 6.88. The fourth-order valence-corrected chi connectivity index (χ4v) is 2.72. The molecule has 1 aliphatic rings. The second-order valence-electron chi connectivity index (χ2n) is 7.34. The van der Waals surface area contributed by atoms with E-state index in [0.717, 1.165) is 26.1 Å². The Balaban J connectivity index is 1.84. The molecule has 1 fully saturated rings. The van der Waals surface area contributed by atoms with E-state index in [0.29, 0.717) is 13.1 Å². The standard InChI is InChI=1S/C20H31N3O2/c1-20(2,3)25-19(24)23-15-13-22(14-16-23)18-10-8-17(9-11-18)7-5-6-12-21-4/h5,7-11,21H,6,12-16H2,1-4H3. The van der Waals surface area contributed by atoms with E-state index in [1.54, 1.807) is 4.90 Å². The van der Waals surface area contributed by atoms with Crippen LogP contribution in [0, 0.1) is 0 Å². The lowest BCUT2D eigenvalue weighted by Gasteiger charge is -2.36. The molecular weight excluding hydrogens is 314 g/mol. The predicted molar refractivity (Wildman–Crippen MR) is 104 cm³/mol. The third-order valence-electron chi connectivity index (χ3n) is 4.06. The number of nitrogens with zero attached hydrogens (tertiary/aromatic N) is 2. The zero-order chi connectivity index (χ0) is 18.3. The number of amides is 1. The summed E-state index contributed by atoms with van der Waals surface area (Å²) in [6, 6.07) is 8.60. The highest BCUT2D eigenvalue weighted by Crippen LogP contribution is 2.19. The summed E-state index contributed by atoms with van der Waals surface area (Å²) in [6.07, 6.45) is 5.16. The monoisotopic (exact) mass is 345 g/mol. The number of hydrogen-bond acceptors (Lipinski definition) is 4. The number of anilines is 1. The Morgan fingerprint density at radius 2 is 1.80 bits per heavy atom. The first kappa shape index (κ1) is 19.3. The number of nitrogens with one attached hydrogen (secondary N) is 1. The summed E-state index contributed by atoms with van der Waals surface area (Å²) in [5, 5.41) is 3.14. The average molecular weight is 345 g/mol. The molecular formula is C20H31N3O2. The lowest BCUT2D eigenvalue weighted by molar-refractivity contribution is 0.0240. The maximum atomic E-state index is 12.1. The molecule has 5 heteroatoms. The normalized spacial score (nSPS) is 15.7. The highest BCUT2D eigenvalue weighted by molar-refractivity contribution is 5.68. The van der Waals surface area contributed by atoms with Crippen LogP contribution < -0.4 is 10.2 Å². The third-order valence-corrected chi connectivity index (χ3v) is 4.06. The first-order valence-electron chi connectivity index (χ1n) is 9.03. The minimum atomic E-state index is -0.440. The molecule has 1 N–H and O–H groups in total. The molecule has 1 aromatic rings. The van der Waals surface area contributed by atoms with Gasteiger partial charge in [-0.05, 0) is 58.5 Å². The van der Waals surface area contributed by atoms with Gasteiger partial charge < -0.3 is 19.9 Å². The summed E-state index contributed by atoms with van der Waals surface area (Å²) < 4.78 is 5.45. The molecule has 2 rings (SSSR count). The van der Waals surface area contributed by atoms with Crippen LogP contribution in [-0.2, 0) is 4.74 Å². The van der Waals surface area contributed by atoms with Gasteiger partial charge >= 0.3 is 6.09 Å². The smallest absolute Gasteiger partial charge is 0.410 e. The molecule has 1 amide bonds. The minimum Gasteiger partial charge on any atom is -0.444 e. The molecule has 1 heterocycles. The van der Waals surface area contributed by atoms with Crippen LogP contribution in [0.25, 0.3) is 6.08 Å². The highest BCUT2D eigenvalue weighted by Gasteiger charge is 2.25. The highest BCUT2D eigenvalue weighted by atomic mass is 16.6. The van der Waals surface area contributed by atoms with Gasteiger partial charge in [0.15, 0.2) is 0 Å². The van der Waals surface area contributed by atoms with E-state index in [4.69, 9.17) is 4.74 Å². The Labute approximate surface area is 151 Å². The van der Waals surface area contributed by atoms with Gasteiger partial charge in [0.2, 0.25) is 0 Å². The van der Waals surface area contributed by atoms with Gasteiger partial charge in [-0.2, -0.15) is 0 Å². The number of hydrogen-bond donors (Lipinski definition) is 1. The molecule has 0 spiro atoms. The first-order chi connectivity index (χ1) is 11.9. The van der Waals surface area contributed by atoms with Crippen molar-refractivity contribution >= 4 is 17.9 Å². The fourth-order valence-electron chi connectivity index (χ4n) is 2.72. The summed E-state index contributed by atoms with van der Waals surface area (Å²) in [5.74, 6) is 0. The number of carbonyl (C=O) groups is 1. The predicted octanol–water partition coefficient (Wildman–Crippen LogP) is 3.37. The van der Waals surface area contributed by atoms with Crippen molar-refractivity contribution in [3.8, 4) is 0 Å². The number of piperazine rings is 1. The number of rotatable bonds is 5. The Morgan fingerprint density at radius 3 is 2.36 bits per heavy atom. The SMILES string of the molecule is CNCCC=Cc1ccc(N2CCN(C(=O)OC(C)(C)C)CC2)cc1. The van der Waals surface area contributed by atoms with Gasteiger partial charge in [-0.15, -0.1) is 0 Å². The lowest BCUT2D eigenvalue weighted by Crippen LogP contribution is -2.50. The van der Waals surface area contributed by atoms with Gasteiger partial charge in [-0.25, -0.2) is 4.79 Å². The molecule has 0 saturated carbocycles. The van der Waals surface area contributed by atoms with Gasteiger partial charge in [0.25, 0.3) is 0 Å². The van der Waals surface area contributed by atoms with E-state index < -0.39 is 5.60 Å². The van der Waals surface area contributed by atoms with E-state index in [-0.39, 0.29) is 6.09 Å². The quantitative estimate of drug-likeness (QED) is 0.831. The molecule has 138 valence electrons. The van der Waals surface area contributed by atoms with Crippen molar-refractivity contribution in [1.82, 2.24) is 10.2 Å². The van der Waals surface area contributed by atoms with E-state index in [1.807, 2.05) is 27.8 Å². The molecule has 0 aromatic heterocycles. The largest absolute Gasteiger partial charge is 0.444 e. The Morgan fingerprint density at radius 1 is 1.16 bits per heavy atom. The maximum absolute atomic E-state index is 12.1. The molecule has 25 heavy (non-hydrogen) atoms. The fraction of sp³-hybridized carbons (Fsp3) is 0.550. The lowest BCUT2D eigenvalue weighted by atomic mass is 10.1. The van der Waals surface area contributed by atoms with Crippen LogP contribution in [0.5, 0.6) is 0 Å². The summed E-state index contributed by atoms with van der Waals surface area (Å²) >= 11 is 0. The molecule has 5 nitrogen and oxygen atoms in total. The van der Waals surface area contributed by atoms with E-state index in [9.17, 15) is 4.79 Å². The summed E-state index contributed by atoms with van der Waals surface area (Å²) in [4.78, 5) is 16.2. The Hall–Kier alpha value is -2.01. The van der Waals surface area contributed by atoms with Gasteiger partial charge in [0, 0.05) is 31.9 Å². The van der Waals surface area contributed by atoms with Gasteiger partial charge in [0.1, 0.15) is 5.60 Å². The average Bonchev–Trinajstić information content (AvgIpc) is 2.58. The van der Waals surface area contributed by atoms with Crippen LogP contribution >= 0.6 is 0 Å². The van der Waals surface area contributed by atoms with Gasteiger partial charge in [0.05, 0.1) is 0 Å². The van der Waals surface area contributed by atoms with Crippen LogP contribution in [0.15, 0.2) is 30.3 Å². The van der Waals surface area contributed by atoms with Crippen LogP contribution in [-0.4, -0.2) is 56.4 Å². The second kappa shape index (κ2) is 8.90. The third kappa shape index (κ3) is 6.42. The molecule has 0 radical (unpaired) electrons. The van der Waals surface area contributed by atoms with Crippen molar-refractivity contribution in [3.63, 3.8) is 0 Å². The van der Waals surface area contributed by atoms with Gasteiger partial charge in [-0.3, -0.25) is 0 Å². The van der Waals surface area contributed by atoms with E-state index >= 15 is 0 Å². The molecule has 0 bridgehead atoms. The van der Waals surface area contributed by atoms with E-state index in [1.165, 1.54) is 11.3 Å².